The fourth-order valence-electron chi connectivity index (χ4n) is 1.93. The van der Waals surface area contributed by atoms with Crippen molar-refractivity contribution in [2.45, 2.75) is 13.5 Å². The summed E-state index contributed by atoms with van der Waals surface area (Å²) in [5.41, 5.74) is 8.10. The molecule has 0 bridgehead atoms. The van der Waals surface area contributed by atoms with Crippen LogP contribution < -0.4 is 16.0 Å². The van der Waals surface area contributed by atoms with Crippen molar-refractivity contribution in [1.82, 2.24) is 9.78 Å². The minimum atomic E-state index is -0.302. The van der Waals surface area contributed by atoms with Crippen LogP contribution in [0.4, 0.5) is 17.1 Å². The van der Waals surface area contributed by atoms with Gasteiger partial charge in [0.2, 0.25) is 0 Å². The largest absolute Gasteiger partial charge is 0.396 e. The molecule has 6 nitrogen and oxygen atoms in total. The highest BCUT2D eigenvalue weighted by molar-refractivity contribution is 6.07. The first kappa shape index (κ1) is 13.9. The number of rotatable bonds is 4. The SMILES string of the molecule is CCn1cc(N)c(C(=O)Nc2ccccc2N(C)C)n1. The van der Waals surface area contributed by atoms with Crippen molar-refractivity contribution in [2.24, 2.45) is 0 Å². The molecule has 20 heavy (non-hydrogen) atoms. The van der Waals surface area contributed by atoms with Crippen LogP contribution in [0.1, 0.15) is 17.4 Å². The van der Waals surface area contributed by atoms with Gasteiger partial charge in [0.05, 0.1) is 17.1 Å². The number of nitrogens with one attached hydrogen (secondary N) is 1. The maximum atomic E-state index is 12.3. The van der Waals surface area contributed by atoms with Crippen molar-refractivity contribution in [3.8, 4) is 0 Å². The Morgan fingerprint density at radius 1 is 1.40 bits per heavy atom. The van der Waals surface area contributed by atoms with Crippen LogP contribution in [0.25, 0.3) is 0 Å². The summed E-state index contributed by atoms with van der Waals surface area (Å²) >= 11 is 0. The first-order valence-electron chi connectivity index (χ1n) is 6.43. The summed E-state index contributed by atoms with van der Waals surface area (Å²) in [7, 11) is 3.84. The predicted molar refractivity (Wildman–Crippen MR) is 81.0 cm³/mol. The number of anilines is 3. The molecule has 2 aromatic rings. The lowest BCUT2D eigenvalue weighted by Crippen LogP contribution is -2.18. The van der Waals surface area contributed by atoms with Crippen molar-refractivity contribution >= 4 is 23.0 Å². The number of para-hydroxylation sites is 2. The zero-order valence-corrected chi connectivity index (χ0v) is 11.9. The van der Waals surface area contributed by atoms with Crippen LogP contribution in [-0.4, -0.2) is 29.8 Å². The van der Waals surface area contributed by atoms with E-state index in [4.69, 9.17) is 5.73 Å². The molecule has 0 aliphatic rings. The molecule has 1 aromatic carbocycles. The van der Waals surface area contributed by atoms with Gasteiger partial charge in [-0.2, -0.15) is 5.10 Å². The van der Waals surface area contributed by atoms with Crippen LogP contribution in [0.2, 0.25) is 0 Å². The summed E-state index contributed by atoms with van der Waals surface area (Å²) < 4.78 is 1.64. The Hall–Kier alpha value is -2.50. The van der Waals surface area contributed by atoms with Gasteiger partial charge in [-0.1, -0.05) is 12.1 Å². The molecule has 3 N–H and O–H groups in total. The summed E-state index contributed by atoms with van der Waals surface area (Å²) in [5.74, 6) is -0.302. The average Bonchev–Trinajstić information content (AvgIpc) is 2.80. The second kappa shape index (κ2) is 5.64. The zero-order chi connectivity index (χ0) is 14.7. The van der Waals surface area contributed by atoms with E-state index in [1.165, 1.54) is 0 Å². The van der Waals surface area contributed by atoms with Gasteiger partial charge in [0.15, 0.2) is 5.69 Å². The molecule has 1 amide bonds. The van der Waals surface area contributed by atoms with Gasteiger partial charge >= 0.3 is 0 Å². The number of aromatic nitrogens is 2. The normalized spacial score (nSPS) is 10.3. The van der Waals surface area contributed by atoms with E-state index in [2.05, 4.69) is 10.4 Å². The number of carbonyl (C=O) groups excluding carboxylic acids is 1. The summed E-state index contributed by atoms with van der Waals surface area (Å²) in [5, 5.41) is 7.01. The van der Waals surface area contributed by atoms with Gasteiger partial charge < -0.3 is 16.0 Å². The molecule has 0 spiro atoms. The van der Waals surface area contributed by atoms with Crippen LogP contribution in [0, 0.1) is 0 Å². The van der Waals surface area contributed by atoms with Gasteiger partial charge in [-0.25, -0.2) is 0 Å². The predicted octanol–water partition coefficient (Wildman–Crippen LogP) is 1.80. The van der Waals surface area contributed by atoms with E-state index in [-0.39, 0.29) is 11.6 Å². The van der Waals surface area contributed by atoms with Crippen molar-refractivity contribution < 1.29 is 4.79 Å². The van der Waals surface area contributed by atoms with Crippen LogP contribution in [-0.2, 0) is 6.54 Å². The maximum absolute atomic E-state index is 12.3. The van der Waals surface area contributed by atoms with E-state index in [1.807, 2.05) is 50.2 Å². The third-order valence-corrected chi connectivity index (χ3v) is 2.96. The molecule has 1 aromatic heterocycles. The molecule has 0 fully saturated rings. The molecule has 0 aliphatic carbocycles. The van der Waals surface area contributed by atoms with Crippen LogP contribution in [0.5, 0.6) is 0 Å². The van der Waals surface area contributed by atoms with E-state index >= 15 is 0 Å². The van der Waals surface area contributed by atoms with E-state index in [0.29, 0.717) is 12.2 Å². The third-order valence-electron chi connectivity index (χ3n) is 2.96. The van der Waals surface area contributed by atoms with Gasteiger partial charge in [0.1, 0.15) is 0 Å². The molecule has 106 valence electrons. The van der Waals surface area contributed by atoms with Gasteiger partial charge in [-0.15, -0.1) is 0 Å². The summed E-state index contributed by atoms with van der Waals surface area (Å²) in [6, 6.07) is 7.58. The highest BCUT2D eigenvalue weighted by Gasteiger charge is 2.16. The summed E-state index contributed by atoms with van der Waals surface area (Å²) in [4.78, 5) is 14.2. The lowest BCUT2D eigenvalue weighted by Gasteiger charge is -2.17. The molecule has 0 saturated heterocycles. The van der Waals surface area contributed by atoms with E-state index in [0.717, 1.165) is 11.4 Å². The number of aryl methyl sites for hydroxylation is 1. The monoisotopic (exact) mass is 273 g/mol. The van der Waals surface area contributed by atoms with E-state index in [9.17, 15) is 4.79 Å². The topological polar surface area (TPSA) is 76.2 Å². The van der Waals surface area contributed by atoms with Gasteiger partial charge in [0, 0.05) is 26.8 Å². The number of amides is 1. The maximum Gasteiger partial charge on any atom is 0.278 e. The Bertz CT molecular complexity index is 618. The number of nitrogen functional groups attached to an aromatic ring is 1. The Labute approximate surface area is 118 Å². The van der Waals surface area contributed by atoms with Gasteiger partial charge in [-0.05, 0) is 19.1 Å². The molecular formula is C14H19N5O. The Morgan fingerprint density at radius 3 is 2.70 bits per heavy atom. The first-order valence-corrected chi connectivity index (χ1v) is 6.43. The number of nitrogens with two attached hydrogens (primary N) is 1. The molecule has 2 rings (SSSR count). The highest BCUT2D eigenvalue weighted by Crippen LogP contribution is 2.24. The first-order chi connectivity index (χ1) is 9.52. The van der Waals surface area contributed by atoms with Crippen molar-refractivity contribution in [1.29, 1.82) is 0 Å². The Balaban J connectivity index is 2.25. The Kier molecular flexibility index (Phi) is 3.93. The molecule has 1 heterocycles. The van der Waals surface area contributed by atoms with Crippen molar-refractivity contribution in [2.75, 3.05) is 30.0 Å². The highest BCUT2D eigenvalue weighted by atomic mass is 16.2. The summed E-state index contributed by atoms with van der Waals surface area (Å²) in [6.07, 6.45) is 1.66. The minimum Gasteiger partial charge on any atom is -0.396 e. The smallest absolute Gasteiger partial charge is 0.278 e. The Morgan fingerprint density at radius 2 is 2.10 bits per heavy atom. The molecule has 0 unspecified atom stereocenters. The van der Waals surface area contributed by atoms with Crippen molar-refractivity contribution in [3.63, 3.8) is 0 Å². The third kappa shape index (κ3) is 2.74. The number of hydrogen-bond donors (Lipinski definition) is 2. The molecule has 0 radical (unpaired) electrons. The molecule has 6 heteroatoms. The van der Waals surface area contributed by atoms with E-state index < -0.39 is 0 Å². The number of benzene rings is 1. The van der Waals surface area contributed by atoms with Crippen LogP contribution >= 0.6 is 0 Å². The fourth-order valence-corrected chi connectivity index (χ4v) is 1.93. The molecule has 0 atom stereocenters. The number of hydrogen-bond acceptors (Lipinski definition) is 4. The second-order valence-electron chi connectivity index (χ2n) is 4.65. The minimum absolute atomic E-state index is 0.250. The van der Waals surface area contributed by atoms with E-state index in [1.54, 1.807) is 10.9 Å². The summed E-state index contributed by atoms with van der Waals surface area (Å²) in [6.45, 7) is 2.61. The number of carbonyl (C=O) groups is 1. The number of nitrogens with zero attached hydrogens (tertiary/aromatic N) is 3. The lowest BCUT2D eigenvalue weighted by atomic mass is 10.2. The molecule has 0 aliphatic heterocycles. The van der Waals surface area contributed by atoms with Crippen LogP contribution in [0.15, 0.2) is 30.5 Å². The quantitative estimate of drug-likeness (QED) is 0.890. The van der Waals surface area contributed by atoms with Crippen molar-refractivity contribution in [3.05, 3.63) is 36.2 Å². The molecule has 0 saturated carbocycles. The van der Waals surface area contributed by atoms with Gasteiger partial charge in [-0.3, -0.25) is 9.48 Å². The van der Waals surface area contributed by atoms with Gasteiger partial charge in [0.25, 0.3) is 5.91 Å². The standard InChI is InChI=1S/C14H19N5O/c1-4-19-9-10(15)13(17-19)14(20)16-11-7-5-6-8-12(11)18(2)3/h5-9H,4,15H2,1-3H3,(H,16,20). The lowest BCUT2D eigenvalue weighted by molar-refractivity contribution is 0.102. The zero-order valence-electron chi connectivity index (χ0n) is 11.9. The van der Waals surface area contributed by atoms with Crippen LogP contribution in [0.3, 0.4) is 0 Å². The second-order valence-corrected chi connectivity index (χ2v) is 4.65. The average molecular weight is 273 g/mol. The molecular weight excluding hydrogens is 254 g/mol. The fraction of sp³-hybridized carbons (Fsp3) is 0.286.